The minimum atomic E-state index is -0.317. The zero-order valence-electron chi connectivity index (χ0n) is 6.50. The van der Waals surface area contributed by atoms with Crippen molar-refractivity contribution in [2.24, 2.45) is 0 Å². The van der Waals surface area contributed by atoms with Gasteiger partial charge in [-0.1, -0.05) is 13.8 Å². The smallest absolute Gasteiger partial charge is 0.0948 e. The average molecular weight is 145 g/mol. The topological polar surface area (TPSA) is 41.5 Å². The van der Waals surface area contributed by atoms with Gasteiger partial charge in [0.15, 0.2) is 0 Å². The SMILES string of the molecule is CC(C)NC1COCC1O. The molecule has 60 valence electrons. The molecule has 0 bridgehead atoms. The molecule has 0 aliphatic carbocycles. The number of aliphatic hydroxyl groups is 1. The predicted molar refractivity (Wildman–Crippen MR) is 38.9 cm³/mol. The van der Waals surface area contributed by atoms with Gasteiger partial charge in [0.25, 0.3) is 0 Å². The van der Waals surface area contributed by atoms with Gasteiger partial charge < -0.3 is 15.2 Å². The molecule has 0 aromatic carbocycles. The molecule has 1 fully saturated rings. The lowest BCUT2D eigenvalue weighted by molar-refractivity contribution is 0.121. The number of aliphatic hydroxyl groups excluding tert-OH is 1. The Labute approximate surface area is 61.4 Å². The first-order valence-electron chi connectivity index (χ1n) is 3.72. The summed E-state index contributed by atoms with van der Waals surface area (Å²) in [6, 6.07) is 0.557. The lowest BCUT2D eigenvalue weighted by Crippen LogP contribution is -2.42. The van der Waals surface area contributed by atoms with Crippen LogP contribution < -0.4 is 5.32 Å². The van der Waals surface area contributed by atoms with Gasteiger partial charge in [0.2, 0.25) is 0 Å². The Kier molecular flexibility index (Phi) is 2.65. The molecular weight excluding hydrogens is 130 g/mol. The Hall–Kier alpha value is -0.120. The zero-order chi connectivity index (χ0) is 7.56. The van der Waals surface area contributed by atoms with E-state index in [1.54, 1.807) is 0 Å². The van der Waals surface area contributed by atoms with Crippen LogP contribution in [0.15, 0.2) is 0 Å². The van der Waals surface area contributed by atoms with E-state index < -0.39 is 0 Å². The van der Waals surface area contributed by atoms with Gasteiger partial charge in [-0.15, -0.1) is 0 Å². The zero-order valence-corrected chi connectivity index (χ0v) is 6.50. The molecule has 10 heavy (non-hydrogen) atoms. The van der Waals surface area contributed by atoms with Crippen molar-refractivity contribution < 1.29 is 9.84 Å². The minimum absolute atomic E-state index is 0.139. The van der Waals surface area contributed by atoms with Crippen molar-refractivity contribution in [3.63, 3.8) is 0 Å². The summed E-state index contributed by atoms with van der Waals surface area (Å²) in [6.45, 7) is 5.24. The van der Waals surface area contributed by atoms with E-state index in [0.29, 0.717) is 19.3 Å². The second kappa shape index (κ2) is 3.32. The largest absolute Gasteiger partial charge is 0.389 e. The molecule has 2 N–H and O–H groups in total. The normalized spacial score (nSPS) is 33.6. The van der Waals surface area contributed by atoms with Crippen molar-refractivity contribution in [1.82, 2.24) is 5.32 Å². The summed E-state index contributed by atoms with van der Waals surface area (Å²) < 4.78 is 5.06. The molecule has 3 nitrogen and oxygen atoms in total. The van der Waals surface area contributed by atoms with E-state index >= 15 is 0 Å². The van der Waals surface area contributed by atoms with Crippen LogP contribution >= 0.6 is 0 Å². The van der Waals surface area contributed by atoms with Crippen LogP contribution in [0.1, 0.15) is 13.8 Å². The van der Waals surface area contributed by atoms with Gasteiger partial charge in [0.1, 0.15) is 0 Å². The number of rotatable bonds is 2. The molecule has 0 saturated carbocycles. The Bertz CT molecular complexity index is 106. The maximum Gasteiger partial charge on any atom is 0.0948 e. The van der Waals surface area contributed by atoms with E-state index in [1.165, 1.54) is 0 Å². The van der Waals surface area contributed by atoms with Crippen molar-refractivity contribution in [3.8, 4) is 0 Å². The lowest BCUT2D eigenvalue weighted by atomic mass is 10.2. The van der Waals surface area contributed by atoms with Crippen LogP contribution in [0, 0.1) is 0 Å². The highest BCUT2D eigenvalue weighted by molar-refractivity contribution is 4.81. The van der Waals surface area contributed by atoms with Crippen molar-refractivity contribution in [2.75, 3.05) is 13.2 Å². The maximum absolute atomic E-state index is 9.25. The fourth-order valence-corrected chi connectivity index (χ4v) is 1.13. The van der Waals surface area contributed by atoms with Crippen LogP contribution in [-0.2, 0) is 4.74 Å². The summed E-state index contributed by atoms with van der Waals surface area (Å²) in [7, 11) is 0. The quantitative estimate of drug-likeness (QED) is 0.562. The van der Waals surface area contributed by atoms with E-state index in [2.05, 4.69) is 19.2 Å². The first-order valence-corrected chi connectivity index (χ1v) is 3.72. The Morgan fingerprint density at radius 1 is 1.50 bits per heavy atom. The van der Waals surface area contributed by atoms with Gasteiger partial charge in [0.05, 0.1) is 25.4 Å². The summed E-state index contributed by atoms with van der Waals surface area (Å²) in [4.78, 5) is 0. The van der Waals surface area contributed by atoms with Gasteiger partial charge >= 0.3 is 0 Å². The molecule has 1 aliphatic heterocycles. The fourth-order valence-electron chi connectivity index (χ4n) is 1.13. The molecule has 1 heterocycles. The molecule has 0 amide bonds. The van der Waals surface area contributed by atoms with Gasteiger partial charge in [-0.05, 0) is 0 Å². The molecule has 2 atom stereocenters. The van der Waals surface area contributed by atoms with Gasteiger partial charge in [0, 0.05) is 6.04 Å². The number of hydrogen-bond donors (Lipinski definition) is 2. The summed E-state index contributed by atoms with van der Waals surface area (Å²) in [5.74, 6) is 0. The van der Waals surface area contributed by atoms with Gasteiger partial charge in [-0.3, -0.25) is 0 Å². The molecule has 1 aliphatic rings. The lowest BCUT2D eigenvalue weighted by Gasteiger charge is -2.16. The molecule has 0 radical (unpaired) electrons. The molecule has 0 aromatic heterocycles. The summed E-state index contributed by atoms with van der Waals surface area (Å²) >= 11 is 0. The van der Waals surface area contributed by atoms with E-state index in [4.69, 9.17) is 4.74 Å². The van der Waals surface area contributed by atoms with Crippen LogP contribution in [0.2, 0.25) is 0 Å². The number of ether oxygens (including phenoxy) is 1. The maximum atomic E-state index is 9.25. The molecule has 0 spiro atoms. The van der Waals surface area contributed by atoms with E-state index in [1.807, 2.05) is 0 Å². The molecule has 1 saturated heterocycles. The molecule has 0 aromatic rings. The molecule has 2 unspecified atom stereocenters. The minimum Gasteiger partial charge on any atom is -0.389 e. The van der Waals surface area contributed by atoms with Crippen LogP contribution in [0.3, 0.4) is 0 Å². The van der Waals surface area contributed by atoms with Gasteiger partial charge in [-0.2, -0.15) is 0 Å². The van der Waals surface area contributed by atoms with Crippen LogP contribution in [0.5, 0.6) is 0 Å². The average Bonchev–Trinajstić information content (AvgIpc) is 2.15. The third kappa shape index (κ3) is 1.94. The third-order valence-electron chi connectivity index (χ3n) is 1.60. The monoisotopic (exact) mass is 145 g/mol. The summed E-state index contributed by atoms with van der Waals surface area (Å²) in [5, 5.41) is 12.5. The third-order valence-corrected chi connectivity index (χ3v) is 1.60. The van der Waals surface area contributed by atoms with Crippen molar-refractivity contribution >= 4 is 0 Å². The highest BCUT2D eigenvalue weighted by Crippen LogP contribution is 2.05. The number of nitrogens with one attached hydrogen (secondary N) is 1. The van der Waals surface area contributed by atoms with Crippen LogP contribution in [0.25, 0.3) is 0 Å². The second-order valence-electron chi connectivity index (χ2n) is 3.03. The van der Waals surface area contributed by atoms with Crippen molar-refractivity contribution in [2.45, 2.75) is 32.0 Å². The summed E-state index contributed by atoms with van der Waals surface area (Å²) in [5.41, 5.74) is 0. The number of hydrogen-bond acceptors (Lipinski definition) is 3. The van der Waals surface area contributed by atoms with E-state index in [-0.39, 0.29) is 12.1 Å². The molecular formula is C7H15NO2. The highest BCUT2D eigenvalue weighted by atomic mass is 16.5. The van der Waals surface area contributed by atoms with E-state index in [9.17, 15) is 5.11 Å². The first-order chi connectivity index (χ1) is 4.70. The standard InChI is InChI=1S/C7H15NO2/c1-5(2)8-6-3-10-4-7(6)9/h5-9H,3-4H2,1-2H3. The first kappa shape index (κ1) is 7.98. The van der Waals surface area contributed by atoms with Crippen LogP contribution in [0.4, 0.5) is 0 Å². The van der Waals surface area contributed by atoms with E-state index in [0.717, 1.165) is 0 Å². The Morgan fingerprint density at radius 2 is 2.20 bits per heavy atom. The van der Waals surface area contributed by atoms with Crippen molar-refractivity contribution in [1.29, 1.82) is 0 Å². The van der Waals surface area contributed by atoms with Gasteiger partial charge in [-0.25, -0.2) is 0 Å². The summed E-state index contributed by atoms with van der Waals surface area (Å²) in [6.07, 6.45) is -0.317. The van der Waals surface area contributed by atoms with Crippen molar-refractivity contribution in [3.05, 3.63) is 0 Å². The Morgan fingerprint density at radius 3 is 2.60 bits per heavy atom. The Balaban J connectivity index is 2.26. The fraction of sp³-hybridized carbons (Fsp3) is 1.00. The second-order valence-corrected chi connectivity index (χ2v) is 3.03. The predicted octanol–water partition coefficient (Wildman–Crippen LogP) is -0.256. The molecule has 3 heteroatoms. The molecule has 1 rings (SSSR count). The highest BCUT2D eigenvalue weighted by Gasteiger charge is 2.25. The van der Waals surface area contributed by atoms with Crippen LogP contribution in [-0.4, -0.2) is 36.5 Å².